The van der Waals surface area contributed by atoms with E-state index >= 15 is 0 Å². The van der Waals surface area contributed by atoms with Gasteiger partial charge in [-0.05, 0) is 42.9 Å². The van der Waals surface area contributed by atoms with E-state index in [0.29, 0.717) is 6.04 Å². The lowest BCUT2D eigenvalue weighted by Gasteiger charge is -2.19. The molecule has 1 aromatic rings. The molecule has 0 saturated carbocycles. The quantitative estimate of drug-likeness (QED) is 0.796. The van der Waals surface area contributed by atoms with Gasteiger partial charge in [0.25, 0.3) is 0 Å². The van der Waals surface area contributed by atoms with Crippen LogP contribution in [-0.4, -0.2) is 18.0 Å². The number of hydrogen-bond donors (Lipinski definition) is 0. The van der Waals surface area contributed by atoms with Crippen LogP contribution >= 0.6 is 15.9 Å². The second-order valence-electron chi connectivity index (χ2n) is 3.20. The molecule has 68 valence electrons. The highest BCUT2D eigenvalue weighted by Gasteiger charge is 2.08. The Kier molecular flexibility index (Phi) is 3.35. The molecule has 0 N–H and O–H groups in total. The van der Waals surface area contributed by atoms with Crippen molar-refractivity contribution in [1.82, 2.24) is 4.90 Å². The number of rotatable bonds is 3. The molecule has 0 unspecified atom stereocenters. The molecule has 0 fully saturated rings. The Hall–Kier alpha value is -0.280. The van der Waals surface area contributed by atoms with Gasteiger partial charge in [0.2, 0.25) is 0 Å². The molecule has 1 rings (SSSR count). The van der Waals surface area contributed by atoms with Gasteiger partial charge in [0.1, 0.15) is 5.76 Å². The van der Waals surface area contributed by atoms with Crippen molar-refractivity contribution in [3.8, 4) is 0 Å². The summed E-state index contributed by atoms with van der Waals surface area (Å²) >= 11 is 3.42. The van der Waals surface area contributed by atoms with Gasteiger partial charge in [0.15, 0.2) is 0 Å². The van der Waals surface area contributed by atoms with E-state index in [4.69, 9.17) is 4.42 Å². The average molecular weight is 232 g/mol. The molecule has 0 atom stereocenters. The van der Waals surface area contributed by atoms with Gasteiger partial charge < -0.3 is 4.42 Å². The Balaban J connectivity index is 2.58. The van der Waals surface area contributed by atoms with Crippen LogP contribution in [0.2, 0.25) is 0 Å². The van der Waals surface area contributed by atoms with E-state index in [0.717, 1.165) is 16.8 Å². The van der Waals surface area contributed by atoms with E-state index in [1.54, 1.807) is 6.26 Å². The van der Waals surface area contributed by atoms with Crippen LogP contribution < -0.4 is 0 Å². The maximum atomic E-state index is 5.30. The Morgan fingerprint density at radius 3 is 2.67 bits per heavy atom. The fraction of sp³-hybridized carbons (Fsp3) is 0.556. The summed E-state index contributed by atoms with van der Waals surface area (Å²) < 4.78 is 6.35. The molecule has 0 amide bonds. The zero-order valence-corrected chi connectivity index (χ0v) is 9.26. The van der Waals surface area contributed by atoms with Crippen molar-refractivity contribution in [2.45, 2.75) is 26.4 Å². The molecule has 0 saturated heterocycles. The Labute approximate surface area is 81.7 Å². The maximum absolute atomic E-state index is 5.30. The highest BCUT2D eigenvalue weighted by atomic mass is 79.9. The van der Waals surface area contributed by atoms with E-state index in [1.165, 1.54) is 0 Å². The maximum Gasteiger partial charge on any atom is 0.131 e. The first-order chi connectivity index (χ1) is 5.61. The van der Waals surface area contributed by atoms with E-state index in [1.807, 2.05) is 6.07 Å². The van der Waals surface area contributed by atoms with Gasteiger partial charge in [-0.25, -0.2) is 0 Å². The molecule has 2 nitrogen and oxygen atoms in total. The molecule has 0 spiro atoms. The van der Waals surface area contributed by atoms with Crippen molar-refractivity contribution in [1.29, 1.82) is 0 Å². The number of halogens is 1. The molecule has 1 aromatic heterocycles. The summed E-state index contributed by atoms with van der Waals surface area (Å²) in [6.45, 7) is 5.18. The van der Waals surface area contributed by atoms with Gasteiger partial charge >= 0.3 is 0 Å². The summed E-state index contributed by atoms with van der Waals surface area (Å²) in [5.74, 6) is 0.992. The number of hydrogen-bond acceptors (Lipinski definition) is 2. The predicted molar refractivity (Wildman–Crippen MR) is 53.0 cm³/mol. The van der Waals surface area contributed by atoms with Crippen molar-refractivity contribution in [3.05, 3.63) is 22.6 Å². The normalized spacial score (nSPS) is 11.5. The lowest BCUT2D eigenvalue weighted by Crippen LogP contribution is -2.25. The lowest BCUT2D eigenvalue weighted by molar-refractivity contribution is 0.243. The molecule has 0 aromatic carbocycles. The van der Waals surface area contributed by atoms with Gasteiger partial charge in [-0.1, -0.05) is 0 Å². The third-order valence-corrected chi connectivity index (χ3v) is 2.67. The van der Waals surface area contributed by atoms with E-state index < -0.39 is 0 Å². The Morgan fingerprint density at radius 1 is 1.58 bits per heavy atom. The minimum Gasteiger partial charge on any atom is -0.467 e. The van der Waals surface area contributed by atoms with Crippen molar-refractivity contribution < 1.29 is 4.42 Å². The fourth-order valence-corrected chi connectivity index (χ4v) is 1.17. The summed E-state index contributed by atoms with van der Waals surface area (Å²) in [6.07, 6.45) is 1.70. The zero-order valence-electron chi connectivity index (χ0n) is 7.67. The van der Waals surface area contributed by atoms with Crippen LogP contribution in [0.4, 0.5) is 0 Å². The Morgan fingerprint density at radius 2 is 2.25 bits per heavy atom. The third kappa shape index (κ3) is 2.35. The van der Waals surface area contributed by atoms with Crippen molar-refractivity contribution in [3.63, 3.8) is 0 Å². The van der Waals surface area contributed by atoms with Crippen LogP contribution in [-0.2, 0) is 6.54 Å². The minimum atomic E-state index is 0.544. The van der Waals surface area contributed by atoms with Crippen LogP contribution in [0.25, 0.3) is 0 Å². The Bertz CT molecular complexity index is 244. The first-order valence-corrected chi connectivity index (χ1v) is 4.82. The number of furan rings is 1. The van der Waals surface area contributed by atoms with Gasteiger partial charge in [-0.15, -0.1) is 0 Å². The largest absolute Gasteiger partial charge is 0.467 e. The predicted octanol–water partition coefficient (Wildman–Crippen LogP) is 2.88. The van der Waals surface area contributed by atoms with Gasteiger partial charge in [-0.3, -0.25) is 4.90 Å². The third-order valence-electron chi connectivity index (χ3n) is 1.97. The van der Waals surface area contributed by atoms with Gasteiger partial charge in [-0.2, -0.15) is 0 Å². The molecule has 12 heavy (non-hydrogen) atoms. The SMILES string of the molecule is CC(C)N(C)Cc1occc1Br. The first-order valence-electron chi connectivity index (χ1n) is 4.03. The molecule has 0 aliphatic rings. The molecule has 1 heterocycles. The molecule has 0 bridgehead atoms. The standard InChI is InChI=1S/C9H14BrNO/c1-7(2)11(3)6-9-8(10)4-5-12-9/h4-5,7H,6H2,1-3H3. The van der Waals surface area contributed by atoms with Gasteiger partial charge in [0, 0.05) is 6.04 Å². The van der Waals surface area contributed by atoms with Crippen molar-refractivity contribution >= 4 is 15.9 Å². The molecule has 0 aliphatic heterocycles. The summed E-state index contributed by atoms with van der Waals surface area (Å²) in [5, 5.41) is 0. The van der Waals surface area contributed by atoms with Crippen LogP contribution in [0.5, 0.6) is 0 Å². The van der Waals surface area contributed by atoms with Crippen LogP contribution in [0.3, 0.4) is 0 Å². The minimum absolute atomic E-state index is 0.544. The van der Waals surface area contributed by atoms with Crippen molar-refractivity contribution in [2.24, 2.45) is 0 Å². The highest BCUT2D eigenvalue weighted by Crippen LogP contribution is 2.19. The monoisotopic (exact) mass is 231 g/mol. The van der Waals surface area contributed by atoms with Crippen LogP contribution in [0.1, 0.15) is 19.6 Å². The summed E-state index contributed by atoms with van der Waals surface area (Å²) in [7, 11) is 2.08. The van der Waals surface area contributed by atoms with E-state index in [9.17, 15) is 0 Å². The summed E-state index contributed by atoms with van der Waals surface area (Å²) in [4.78, 5) is 2.23. The first kappa shape index (κ1) is 9.81. The molecular weight excluding hydrogens is 218 g/mol. The second kappa shape index (κ2) is 4.10. The highest BCUT2D eigenvalue weighted by molar-refractivity contribution is 9.10. The van der Waals surface area contributed by atoms with Crippen LogP contribution in [0, 0.1) is 0 Å². The molecular formula is C9H14BrNO. The lowest BCUT2D eigenvalue weighted by atomic mass is 10.3. The average Bonchev–Trinajstić information content (AvgIpc) is 2.36. The zero-order chi connectivity index (χ0) is 9.14. The smallest absolute Gasteiger partial charge is 0.131 e. The van der Waals surface area contributed by atoms with E-state index in [-0.39, 0.29) is 0 Å². The fourth-order valence-electron chi connectivity index (χ4n) is 0.847. The van der Waals surface area contributed by atoms with E-state index in [2.05, 4.69) is 41.7 Å². The molecule has 0 radical (unpaired) electrons. The number of nitrogens with zero attached hydrogens (tertiary/aromatic N) is 1. The van der Waals surface area contributed by atoms with Crippen LogP contribution in [0.15, 0.2) is 21.2 Å². The molecule has 0 aliphatic carbocycles. The van der Waals surface area contributed by atoms with Gasteiger partial charge in [0.05, 0.1) is 17.3 Å². The second-order valence-corrected chi connectivity index (χ2v) is 4.05. The van der Waals surface area contributed by atoms with Crippen molar-refractivity contribution in [2.75, 3.05) is 7.05 Å². The topological polar surface area (TPSA) is 16.4 Å². The summed E-state index contributed by atoms with van der Waals surface area (Å²) in [5.41, 5.74) is 0. The molecule has 3 heteroatoms. The summed E-state index contributed by atoms with van der Waals surface area (Å²) in [6, 6.07) is 2.46.